The molecular weight excluding hydrogens is 305 g/mol. The normalized spacial score (nSPS) is 12.9. The van der Waals surface area contributed by atoms with Gasteiger partial charge in [-0.3, -0.25) is 4.79 Å². The number of halogens is 1. The van der Waals surface area contributed by atoms with Crippen LogP contribution in [-0.2, 0) is 17.8 Å². The average Bonchev–Trinajstić information content (AvgIpc) is 2.61. The Kier molecular flexibility index (Phi) is 4.65. The van der Waals surface area contributed by atoms with E-state index in [2.05, 4.69) is 19.1 Å². The van der Waals surface area contributed by atoms with Crippen LogP contribution in [0, 0.1) is 5.82 Å². The molecule has 0 unspecified atom stereocenters. The van der Waals surface area contributed by atoms with Crippen molar-refractivity contribution in [2.24, 2.45) is 0 Å². The first-order valence-corrected chi connectivity index (χ1v) is 8.03. The van der Waals surface area contributed by atoms with Crippen LogP contribution in [-0.4, -0.2) is 24.5 Å². The molecule has 0 saturated heterocycles. The van der Waals surface area contributed by atoms with Crippen LogP contribution in [0.15, 0.2) is 48.0 Å². The highest BCUT2D eigenvalue weighted by molar-refractivity contribution is 5.99. The molecule has 1 aliphatic rings. The van der Waals surface area contributed by atoms with E-state index in [4.69, 9.17) is 4.74 Å². The summed E-state index contributed by atoms with van der Waals surface area (Å²) in [4.78, 5) is 14.3. The van der Waals surface area contributed by atoms with Crippen molar-refractivity contribution in [3.63, 3.8) is 0 Å². The monoisotopic (exact) mass is 325 g/mol. The van der Waals surface area contributed by atoms with Crippen LogP contribution in [0.25, 0.3) is 6.08 Å². The summed E-state index contributed by atoms with van der Waals surface area (Å²) in [5.74, 6) is 0.155. The summed E-state index contributed by atoms with van der Waals surface area (Å²) in [6.45, 7) is 2.84. The maximum Gasteiger partial charge on any atom is 0.253 e. The van der Waals surface area contributed by atoms with Gasteiger partial charge in [-0.2, -0.15) is 0 Å². The van der Waals surface area contributed by atoms with E-state index in [1.54, 1.807) is 24.1 Å². The Bertz CT molecular complexity index is 781. The SMILES string of the molecule is CCc1ccc(CN(C)C(=O)C2=Cc3cc(F)ccc3OC2)cc1. The largest absolute Gasteiger partial charge is 0.488 e. The number of benzene rings is 2. The van der Waals surface area contributed by atoms with E-state index in [9.17, 15) is 9.18 Å². The number of carbonyl (C=O) groups excluding carboxylic acids is 1. The van der Waals surface area contributed by atoms with Crippen molar-refractivity contribution in [2.75, 3.05) is 13.7 Å². The molecule has 3 nitrogen and oxygen atoms in total. The highest BCUT2D eigenvalue weighted by Crippen LogP contribution is 2.27. The summed E-state index contributed by atoms with van der Waals surface area (Å²) in [6, 6.07) is 12.6. The Hall–Kier alpha value is -2.62. The van der Waals surface area contributed by atoms with Gasteiger partial charge < -0.3 is 9.64 Å². The minimum atomic E-state index is -0.341. The molecule has 0 saturated carbocycles. The third-order valence-electron chi connectivity index (χ3n) is 4.16. The quantitative estimate of drug-likeness (QED) is 0.855. The first kappa shape index (κ1) is 16.2. The van der Waals surface area contributed by atoms with E-state index in [-0.39, 0.29) is 18.3 Å². The first-order valence-electron chi connectivity index (χ1n) is 8.03. The molecule has 24 heavy (non-hydrogen) atoms. The summed E-state index contributed by atoms with van der Waals surface area (Å²) in [6.07, 6.45) is 2.70. The Labute approximate surface area is 141 Å². The summed E-state index contributed by atoms with van der Waals surface area (Å²) in [7, 11) is 1.76. The second kappa shape index (κ2) is 6.87. The summed E-state index contributed by atoms with van der Waals surface area (Å²) < 4.78 is 18.9. The van der Waals surface area contributed by atoms with Crippen molar-refractivity contribution in [3.8, 4) is 5.75 Å². The summed E-state index contributed by atoms with van der Waals surface area (Å²) >= 11 is 0. The number of aryl methyl sites for hydroxylation is 1. The minimum Gasteiger partial charge on any atom is -0.488 e. The zero-order chi connectivity index (χ0) is 17.1. The van der Waals surface area contributed by atoms with Gasteiger partial charge in [-0.05, 0) is 41.8 Å². The lowest BCUT2D eigenvalue weighted by Gasteiger charge is -2.22. The fourth-order valence-corrected chi connectivity index (χ4v) is 2.74. The molecule has 124 valence electrons. The minimum absolute atomic E-state index is 0.107. The molecule has 0 spiro atoms. The van der Waals surface area contributed by atoms with Gasteiger partial charge in [0.15, 0.2) is 0 Å². The molecule has 0 aromatic heterocycles. The lowest BCUT2D eigenvalue weighted by atomic mass is 10.1. The van der Waals surface area contributed by atoms with E-state index in [1.807, 2.05) is 12.1 Å². The van der Waals surface area contributed by atoms with Gasteiger partial charge in [0, 0.05) is 19.2 Å². The Morgan fingerprint density at radius 3 is 2.58 bits per heavy atom. The molecule has 3 rings (SSSR count). The third kappa shape index (κ3) is 3.48. The molecule has 0 fully saturated rings. The predicted octanol–water partition coefficient (Wildman–Crippen LogP) is 3.82. The summed E-state index contributed by atoms with van der Waals surface area (Å²) in [5.41, 5.74) is 3.48. The molecule has 2 aromatic rings. The molecule has 0 atom stereocenters. The molecule has 0 radical (unpaired) electrons. The molecule has 0 bridgehead atoms. The lowest BCUT2D eigenvalue weighted by Crippen LogP contribution is -2.30. The molecule has 1 heterocycles. The maximum atomic E-state index is 13.4. The van der Waals surface area contributed by atoms with Gasteiger partial charge in [0.05, 0.1) is 5.57 Å². The molecule has 0 aliphatic carbocycles. The van der Waals surface area contributed by atoms with E-state index in [1.165, 1.54) is 17.7 Å². The molecular formula is C20H20FNO2. The van der Waals surface area contributed by atoms with E-state index >= 15 is 0 Å². The predicted molar refractivity (Wildman–Crippen MR) is 92.2 cm³/mol. The zero-order valence-electron chi connectivity index (χ0n) is 13.9. The van der Waals surface area contributed by atoms with Crippen LogP contribution >= 0.6 is 0 Å². The van der Waals surface area contributed by atoms with Crippen molar-refractivity contribution < 1.29 is 13.9 Å². The van der Waals surface area contributed by atoms with Gasteiger partial charge in [0.25, 0.3) is 5.91 Å². The van der Waals surface area contributed by atoms with Gasteiger partial charge in [0.2, 0.25) is 0 Å². The number of rotatable bonds is 4. The highest BCUT2D eigenvalue weighted by Gasteiger charge is 2.20. The third-order valence-corrected chi connectivity index (χ3v) is 4.16. The van der Waals surface area contributed by atoms with Crippen molar-refractivity contribution >= 4 is 12.0 Å². The van der Waals surface area contributed by atoms with E-state index < -0.39 is 0 Å². The van der Waals surface area contributed by atoms with Gasteiger partial charge in [-0.1, -0.05) is 31.2 Å². The number of ether oxygens (including phenoxy) is 1. The fourth-order valence-electron chi connectivity index (χ4n) is 2.74. The second-order valence-corrected chi connectivity index (χ2v) is 5.97. The van der Waals surface area contributed by atoms with E-state index in [0.717, 1.165) is 12.0 Å². The highest BCUT2D eigenvalue weighted by atomic mass is 19.1. The standard InChI is InChI=1S/C20H20FNO2/c1-3-14-4-6-15(7-5-14)12-22(2)20(23)17-10-16-11-18(21)8-9-19(16)24-13-17/h4-11H,3,12-13H2,1-2H3. The van der Waals surface area contributed by atoms with Crippen molar-refractivity contribution in [3.05, 3.63) is 70.5 Å². The van der Waals surface area contributed by atoms with Crippen LogP contribution in [0.3, 0.4) is 0 Å². The number of hydrogen-bond acceptors (Lipinski definition) is 2. The smallest absolute Gasteiger partial charge is 0.253 e. The van der Waals surface area contributed by atoms with Crippen LogP contribution in [0.1, 0.15) is 23.6 Å². The van der Waals surface area contributed by atoms with Crippen molar-refractivity contribution in [1.29, 1.82) is 0 Å². The fraction of sp³-hybridized carbons (Fsp3) is 0.250. The van der Waals surface area contributed by atoms with Crippen molar-refractivity contribution in [1.82, 2.24) is 4.90 Å². The molecule has 4 heteroatoms. The van der Waals surface area contributed by atoms with Crippen LogP contribution in [0.2, 0.25) is 0 Å². The number of nitrogens with zero attached hydrogens (tertiary/aromatic N) is 1. The molecule has 2 aromatic carbocycles. The van der Waals surface area contributed by atoms with E-state index in [0.29, 0.717) is 23.4 Å². The van der Waals surface area contributed by atoms with Crippen LogP contribution < -0.4 is 4.74 Å². The maximum absolute atomic E-state index is 13.4. The molecule has 1 aliphatic heterocycles. The number of likely N-dealkylation sites (N-methyl/N-ethyl adjacent to an activating group) is 1. The second-order valence-electron chi connectivity index (χ2n) is 5.97. The lowest BCUT2D eigenvalue weighted by molar-refractivity contribution is -0.126. The number of amides is 1. The summed E-state index contributed by atoms with van der Waals surface area (Å²) in [5, 5.41) is 0. The average molecular weight is 325 g/mol. The van der Waals surface area contributed by atoms with Gasteiger partial charge in [0.1, 0.15) is 18.2 Å². The van der Waals surface area contributed by atoms with Crippen LogP contribution in [0.4, 0.5) is 4.39 Å². The van der Waals surface area contributed by atoms with Crippen LogP contribution in [0.5, 0.6) is 5.75 Å². The Morgan fingerprint density at radius 2 is 1.88 bits per heavy atom. The Balaban J connectivity index is 1.73. The number of fused-ring (bicyclic) bond motifs is 1. The number of hydrogen-bond donors (Lipinski definition) is 0. The zero-order valence-corrected chi connectivity index (χ0v) is 13.9. The first-order chi connectivity index (χ1) is 11.6. The van der Waals surface area contributed by atoms with Gasteiger partial charge >= 0.3 is 0 Å². The number of carbonyl (C=O) groups is 1. The topological polar surface area (TPSA) is 29.5 Å². The van der Waals surface area contributed by atoms with Gasteiger partial charge in [-0.15, -0.1) is 0 Å². The van der Waals surface area contributed by atoms with Gasteiger partial charge in [-0.25, -0.2) is 4.39 Å². The Morgan fingerprint density at radius 1 is 1.17 bits per heavy atom. The molecule has 1 amide bonds. The molecule has 0 N–H and O–H groups in total. The van der Waals surface area contributed by atoms with Crippen molar-refractivity contribution in [2.45, 2.75) is 19.9 Å².